The molecule has 1 aromatic heterocycles. The molecule has 0 aliphatic heterocycles. The van der Waals surface area contributed by atoms with E-state index in [2.05, 4.69) is 0 Å². The van der Waals surface area contributed by atoms with Crippen LogP contribution in [0.25, 0.3) is 10.9 Å². The van der Waals surface area contributed by atoms with Gasteiger partial charge >= 0.3 is 5.97 Å². The van der Waals surface area contributed by atoms with Crippen molar-refractivity contribution in [2.45, 2.75) is 11.3 Å². The summed E-state index contributed by atoms with van der Waals surface area (Å²) in [5.41, 5.74) is 1.11. The van der Waals surface area contributed by atoms with Crippen LogP contribution < -0.4 is 4.74 Å². The molecule has 0 saturated heterocycles. The molecule has 0 bridgehead atoms. The quantitative estimate of drug-likeness (QED) is 0.655. The van der Waals surface area contributed by atoms with Crippen molar-refractivity contribution < 1.29 is 22.7 Å². The molecular weight excluding hydrogens is 342 g/mol. The number of aromatic nitrogens is 1. The third-order valence-corrected chi connectivity index (χ3v) is 5.63. The van der Waals surface area contributed by atoms with Gasteiger partial charge in [0.2, 0.25) is 0 Å². The predicted octanol–water partition coefficient (Wildman–Crippen LogP) is 2.60. The summed E-state index contributed by atoms with van der Waals surface area (Å²) in [5, 5.41) is 0.699. The molecule has 0 aliphatic carbocycles. The Bertz CT molecular complexity index is 1020. The minimum absolute atomic E-state index is 0.00213. The number of carbonyl (C=O) groups is 1. The van der Waals surface area contributed by atoms with Crippen molar-refractivity contribution in [2.24, 2.45) is 0 Å². The molecule has 25 heavy (non-hydrogen) atoms. The van der Waals surface area contributed by atoms with Gasteiger partial charge in [-0.3, -0.25) is 4.79 Å². The number of benzene rings is 2. The van der Waals surface area contributed by atoms with E-state index in [0.29, 0.717) is 22.2 Å². The van der Waals surface area contributed by atoms with Crippen molar-refractivity contribution >= 4 is 26.9 Å². The molecule has 0 radical (unpaired) electrons. The van der Waals surface area contributed by atoms with Crippen LogP contribution in [0.4, 0.5) is 0 Å². The van der Waals surface area contributed by atoms with Gasteiger partial charge in [-0.2, -0.15) is 0 Å². The Hall–Kier alpha value is -2.80. The highest BCUT2D eigenvalue weighted by molar-refractivity contribution is 7.90. The topological polar surface area (TPSA) is 74.6 Å². The van der Waals surface area contributed by atoms with Crippen LogP contribution in [0.1, 0.15) is 5.56 Å². The first-order valence-corrected chi connectivity index (χ1v) is 8.97. The maximum Gasteiger partial charge on any atom is 0.310 e. The van der Waals surface area contributed by atoms with Gasteiger partial charge in [-0.15, -0.1) is 0 Å². The molecule has 1 heterocycles. The Morgan fingerprint density at radius 2 is 1.72 bits per heavy atom. The monoisotopic (exact) mass is 359 g/mol. The van der Waals surface area contributed by atoms with E-state index in [1.54, 1.807) is 36.4 Å². The fraction of sp³-hybridized carbons (Fsp3) is 0.167. The molecule has 0 spiro atoms. The second kappa shape index (κ2) is 6.60. The smallest absolute Gasteiger partial charge is 0.310 e. The van der Waals surface area contributed by atoms with Gasteiger partial charge in [-0.1, -0.05) is 18.2 Å². The summed E-state index contributed by atoms with van der Waals surface area (Å²) >= 11 is 0. The fourth-order valence-corrected chi connectivity index (χ4v) is 4.04. The van der Waals surface area contributed by atoms with E-state index < -0.39 is 16.0 Å². The minimum atomic E-state index is -3.80. The first kappa shape index (κ1) is 17.0. The number of nitrogens with zero attached hydrogens (tertiary/aromatic N) is 1. The van der Waals surface area contributed by atoms with Gasteiger partial charge in [-0.25, -0.2) is 12.4 Å². The van der Waals surface area contributed by atoms with Crippen LogP contribution in [0.2, 0.25) is 0 Å². The van der Waals surface area contributed by atoms with Gasteiger partial charge in [-0.05, 0) is 35.9 Å². The van der Waals surface area contributed by atoms with Gasteiger partial charge in [0.05, 0.1) is 31.1 Å². The molecule has 0 saturated carbocycles. The van der Waals surface area contributed by atoms with Crippen molar-refractivity contribution in [3.63, 3.8) is 0 Å². The van der Waals surface area contributed by atoms with E-state index in [-0.39, 0.29) is 11.3 Å². The molecule has 0 amide bonds. The first-order chi connectivity index (χ1) is 12.0. The van der Waals surface area contributed by atoms with Gasteiger partial charge in [0.25, 0.3) is 10.0 Å². The molecule has 0 N–H and O–H groups in total. The Balaban J connectivity index is 2.15. The third kappa shape index (κ3) is 3.10. The van der Waals surface area contributed by atoms with Gasteiger partial charge < -0.3 is 9.47 Å². The maximum atomic E-state index is 13.0. The average Bonchev–Trinajstić information content (AvgIpc) is 3.01. The summed E-state index contributed by atoms with van der Waals surface area (Å²) in [4.78, 5) is 11.8. The lowest BCUT2D eigenvalue weighted by Gasteiger charge is -2.08. The zero-order valence-electron chi connectivity index (χ0n) is 13.8. The number of fused-ring (bicyclic) bond motifs is 1. The second-order valence-electron chi connectivity index (χ2n) is 5.40. The van der Waals surface area contributed by atoms with Crippen LogP contribution in [-0.4, -0.2) is 32.6 Å². The first-order valence-electron chi connectivity index (χ1n) is 7.53. The highest BCUT2D eigenvalue weighted by Gasteiger charge is 2.22. The van der Waals surface area contributed by atoms with E-state index in [9.17, 15) is 13.2 Å². The van der Waals surface area contributed by atoms with Crippen LogP contribution in [0.15, 0.2) is 59.6 Å². The van der Waals surface area contributed by atoms with Crippen LogP contribution in [0.3, 0.4) is 0 Å². The lowest BCUT2D eigenvalue weighted by Crippen LogP contribution is -2.12. The minimum Gasteiger partial charge on any atom is -0.497 e. The number of carbonyl (C=O) groups excluding carboxylic acids is 1. The predicted molar refractivity (Wildman–Crippen MR) is 93.2 cm³/mol. The Kier molecular flexibility index (Phi) is 4.50. The lowest BCUT2D eigenvalue weighted by atomic mass is 10.1. The molecule has 2 aromatic carbocycles. The molecule has 0 aliphatic rings. The van der Waals surface area contributed by atoms with Crippen molar-refractivity contribution in [1.82, 2.24) is 3.97 Å². The third-order valence-electron chi connectivity index (χ3n) is 3.94. The largest absolute Gasteiger partial charge is 0.497 e. The molecule has 6 nitrogen and oxygen atoms in total. The summed E-state index contributed by atoms with van der Waals surface area (Å²) in [7, 11) is -0.986. The van der Waals surface area contributed by atoms with Crippen LogP contribution in [0.5, 0.6) is 5.75 Å². The number of methoxy groups -OCH3 is 2. The zero-order chi connectivity index (χ0) is 18.0. The van der Waals surface area contributed by atoms with E-state index in [0.717, 1.165) is 0 Å². The Morgan fingerprint density at radius 1 is 1.04 bits per heavy atom. The molecule has 3 aromatic rings. The molecule has 3 rings (SSSR count). The molecule has 7 heteroatoms. The standard InChI is InChI=1S/C18H17NO5S/c1-23-14-7-9-15(10-8-14)25(21,22)19-12-13(11-18(20)24-2)16-5-3-4-6-17(16)19/h3-10,12H,11H2,1-2H3. The van der Waals surface area contributed by atoms with Crippen molar-refractivity contribution in [3.05, 3.63) is 60.3 Å². The average molecular weight is 359 g/mol. The van der Waals surface area contributed by atoms with Gasteiger partial charge in [0, 0.05) is 11.6 Å². The van der Waals surface area contributed by atoms with Crippen LogP contribution in [-0.2, 0) is 26.0 Å². The lowest BCUT2D eigenvalue weighted by molar-refractivity contribution is -0.139. The highest BCUT2D eigenvalue weighted by atomic mass is 32.2. The van der Waals surface area contributed by atoms with Crippen molar-refractivity contribution in [1.29, 1.82) is 0 Å². The zero-order valence-corrected chi connectivity index (χ0v) is 14.6. The van der Waals surface area contributed by atoms with E-state index in [1.165, 1.54) is 36.5 Å². The SMILES string of the molecule is COC(=O)Cc1cn(S(=O)(=O)c2ccc(OC)cc2)c2ccccc12. The fourth-order valence-electron chi connectivity index (χ4n) is 2.65. The summed E-state index contributed by atoms with van der Waals surface area (Å²) in [5.74, 6) is 0.146. The highest BCUT2D eigenvalue weighted by Crippen LogP contribution is 2.27. The van der Waals surface area contributed by atoms with E-state index in [1.807, 2.05) is 0 Å². The number of hydrogen-bond donors (Lipinski definition) is 0. The number of esters is 1. The number of hydrogen-bond acceptors (Lipinski definition) is 5. The molecule has 130 valence electrons. The van der Waals surface area contributed by atoms with Crippen LogP contribution in [0, 0.1) is 0 Å². The summed E-state index contributed by atoms with van der Waals surface area (Å²) in [6.45, 7) is 0. The Morgan fingerprint density at radius 3 is 2.36 bits per heavy atom. The molecule has 0 atom stereocenters. The molecule has 0 unspecified atom stereocenters. The normalized spacial score (nSPS) is 11.4. The Labute approximate surface area is 145 Å². The molecule has 0 fully saturated rings. The summed E-state index contributed by atoms with van der Waals surface area (Å²) in [6.07, 6.45) is 1.48. The van der Waals surface area contributed by atoms with E-state index >= 15 is 0 Å². The number of para-hydroxylation sites is 1. The summed E-state index contributed by atoms with van der Waals surface area (Å²) < 4.78 is 37.0. The molecular formula is C18H17NO5S. The maximum absolute atomic E-state index is 13.0. The van der Waals surface area contributed by atoms with E-state index in [4.69, 9.17) is 9.47 Å². The number of ether oxygens (including phenoxy) is 2. The van der Waals surface area contributed by atoms with Gasteiger partial charge in [0.15, 0.2) is 0 Å². The second-order valence-corrected chi connectivity index (χ2v) is 7.22. The summed E-state index contributed by atoms with van der Waals surface area (Å²) in [6, 6.07) is 13.2. The van der Waals surface area contributed by atoms with Crippen molar-refractivity contribution in [2.75, 3.05) is 14.2 Å². The number of rotatable bonds is 5. The van der Waals surface area contributed by atoms with Crippen molar-refractivity contribution in [3.8, 4) is 5.75 Å². The van der Waals surface area contributed by atoms with Crippen LogP contribution >= 0.6 is 0 Å². The van der Waals surface area contributed by atoms with Gasteiger partial charge in [0.1, 0.15) is 5.75 Å².